The molecule has 2 aromatic carbocycles. The third kappa shape index (κ3) is 5.71. The molecule has 1 amide bonds. The number of hydrogen-bond donors (Lipinski definition) is 2. The van der Waals surface area contributed by atoms with Crippen molar-refractivity contribution in [3.05, 3.63) is 65.2 Å². The van der Waals surface area contributed by atoms with Gasteiger partial charge in [0.25, 0.3) is 5.91 Å². The van der Waals surface area contributed by atoms with Gasteiger partial charge in [-0.25, -0.2) is 0 Å². The highest BCUT2D eigenvalue weighted by Gasteiger charge is 2.20. The van der Waals surface area contributed by atoms with Gasteiger partial charge < -0.3 is 15.8 Å². The summed E-state index contributed by atoms with van der Waals surface area (Å²) in [7, 11) is 0. The van der Waals surface area contributed by atoms with E-state index in [9.17, 15) is 4.79 Å². The predicted molar refractivity (Wildman–Crippen MR) is 99.8 cm³/mol. The largest absolute Gasteiger partial charge is 0.479 e. The summed E-state index contributed by atoms with van der Waals surface area (Å²) in [6.45, 7) is 2.24. The Morgan fingerprint density at radius 1 is 1.17 bits per heavy atom. The third-order valence-electron chi connectivity index (χ3n) is 3.49. The number of halogens is 2. The van der Waals surface area contributed by atoms with E-state index < -0.39 is 6.10 Å². The number of hydrogen-bond acceptors (Lipinski definition) is 3. The van der Waals surface area contributed by atoms with Crippen molar-refractivity contribution in [2.24, 2.45) is 5.73 Å². The summed E-state index contributed by atoms with van der Waals surface area (Å²) in [5, 5.41) is 3.33. The molecule has 130 valence electrons. The van der Waals surface area contributed by atoms with Gasteiger partial charge in [0.15, 0.2) is 6.10 Å². The number of para-hydroxylation sites is 1. The topological polar surface area (TPSA) is 64.3 Å². The summed E-state index contributed by atoms with van der Waals surface area (Å²) in [5.74, 6) is 0.308. The van der Waals surface area contributed by atoms with Crippen molar-refractivity contribution in [1.29, 1.82) is 0 Å². The summed E-state index contributed by atoms with van der Waals surface area (Å²) in [6.07, 6.45) is -0.0599. The number of nitrogens with two attached hydrogens (primary N) is 1. The number of nitrogens with one attached hydrogen (secondary N) is 1. The molecule has 0 aliphatic carbocycles. The maximum absolute atomic E-state index is 12.3. The first-order chi connectivity index (χ1) is 11.1. The van der Waals surface area contributed by atoms with Gasteiger partial charge in [-0.15, -0.1) is 12.4 Å². The lowest BCUT2D eigenvalue weighted by Gasteiger charge is -2.19. The number of amides is 1. The molecule has 0 saturated heterocycles. The molecule has 2 unspecified atom stereocenters. The zero-order valence-electron chi connectivity index (χ0n) is 13.4. The second-order valence-electron chi connectivity index (χ2n) is 5.21. The van der Waals surface area contributed by atoms with Crippen LogP contribution in [0.25, 0.3) is 0 Å². The second-order valence-corrected chi connectivity index (χ2v) is 5.61. The molecule has 0 aliphatic heterocycles. The molecule has 24 heavy (non-hydrogen) atoms. The van der Waals surface area contributed by atoms with Crippen LogP contribution in [0.1, 0.15) is 24.9 Å². The van der Waals surface area contributed by atoms with E-state index in [-0.39, 0.29) is 24.4 Å². The number of ether oxygens (including phenoxy) is 1. The van der Waals surface area contributed by atoms with E-state index >= 15 is 0 Å². The average molecular weight is 369 g/mol. The van der Waals surface area contributed by atoms with E-state index in [0.717, 1.165) is 5.56 Å². The van der Waals surface area contributed by atoms with E-state index in [1.54, 1.807) is 12.1 Å². The van der Waals surface area contributed by atoms with Crippen LogP contribution < -0.4 is 15.8 Å². The van der Waals surface area contributed by atoms with Gasteiger partial charge in [-0.05, 0) is 24.1 Å². The van der Waals surface area contributed by atoms with Crippen molar-refractivity contribution in [2.45, 2.75) is 25.5 Å². The van der Waals surface area contributed by atoms with Gasteiger partial charge in [-0.3, -0.25) is 4.79 Å². The SMILES string of the molecule is CCC(Oc1ccccc1Cl)C(=O)NCC(N)c1ccccc1.Cl. The van der Waals surface area contributed by atoms with Crippen LogP contribution in [0.2, 0.25) is 5.02 Å². The normalized spacial score (nSPS) is 12.6. The molecule has 0 heterocycles. The zero-order chi connectivity index (χ0) is 16.7. The van der Waals surface area contributed by atoms with Gasteiger partial charge in [0.1, 0.15) is 5.75 Å². The molecule has 0 aliphatic rings. The Labute approximate surface area is 153 Å². The quantitative estimate of drug-likeness (QED) is 0.782. The lowest BCUT2D eigenvalue weighted by Crippen LogP contribution is -2.41. The highest BCUT2D eigenvalue weighted by Crippen LogP contribution is 2.24. The molecular formula is C18H22Cl2N2O2. The van der Waals surface area contributed by atoms with E-state index in [2.05, 4.69) is 5.32 Å². The van der Waals surface area contributed by atoms with Gasteiger partial charge in [-0.2, -0.15) is 0 Å². The van der Waals surface area contributed by atoms with Crippen LogP contribution >= 0.6 is 24.0 Å². The number of benzene rings is 2. The number of rotatable bonds is 7. The van der Waals surface area contributed by atoms with E-state index in [0.29, 0.717) is 23.7 Å². The van der Waals surface area contributed by atoms with Crippen LogP contribution in [-0.4, -0.2) is 18.6 Å². The first-order valence-electron chi connectivity index (χ1n) is 7.61. The van der Waals surface area contributed by atoms with Crippen LogP contribution in [0.3, 0.4) is 0 Å². The maximum Gasteiger partial charge on any atom is 0.261 e. The molecule has 2 atom stereocenters. The van der Waals surface area contributed by atoms with Gasteiger partial charge >= 0.3 is 0 Å². The molecule has 0 fully saturated rings. The summed E-state index contributed by atoms with van der Waals surface area (Å²) in [4.78, 5) is 12.3. The summed E-state index contributed by atoms with van der Waals surface area (Å²) in [5.41, 5.74) is 7.06. The Morgan fingerprint density at radius 2 is 1.79 bits per heavy atom. The number of carbonyl (C=O) groups is 1. The molecule has 0 saturated carbocycles. The molecule has 2 aromatic rings. The monoisotopic (exact) mass is 368 g/mol. The summed E-state index contributed by atoms with van der Waals surface area (Å²) >= 11 is 6.06. The Balaban J connectivity index is 0.00000288. The zero-order valence-corrected chi connectivity index (χ0v) is 15.0. The first kappa shape index (κ1) is 20.3. The van der Waals surface area contributed by atoms with E-state index in [4.69, 9.17) is 22.1 Å². The summed E-state index contributed by atoms with van der Waals surface area (Å²) in [6, 6.07) is 16.5. The third-order valence-corrected chi connectivity index (χ3v) is 3.81. The molecule has 0 spiro atoms. The Bertz CT molecular complexity index is 638. The van der Waals surface area contributed by atoms with Crippen molar-refractivity contribution in [3.8, 4) is 5.75 Å². The van der Waals surface area contributed by atoms with Crippen LogP contribution in [0.15, 0.2) is 54.6 Å². The van der Waals surface area contributed by atoms with Gasteiger partial charge in [0, 0.05) is 12.6 Å². The fourth-order valence-electron chi connectivity index (χ4n) is 2.16. The molecule has 0 aromatic heterocycles. The van der Waals surface area contributed by atoms with Crippen LogP contribution in [0.4, 0.5) is 0 Å². The lowest BCUT2D eigenvalue weighted by molar-refractivity contribution is -0.128. The minimum atomic E-state index is -0.599. The molecule has 6 heteroatoms. The summed E-state index contributed by atoms with van der Waals surface area (Å²) < 4.78 is 5.71. The fraction of sp³-hybridized carbons (Fsp3) is 0.278. The first-order valence-corrected chi connectivity index (χ1v) is 7.99. The number of carbonyl (C=O) groups excluding carboxylic acids is 1. The van der Waals surface area contributed by atoms with Crippen molar-refractivity contribution < 1.29 is 9.53 Å². The minimum Gasteiger partial charge on any atom is -0.479 e. The molecule has 4 nitrogen and oxygen atoms in total. The van der Waals surface area contributed by atoms with Crippen molar-refractivity contribution >= 4 is 29.9 Å². The predicted octanol–water partition coefficient (Wildman–Crippen LogP) is 3.74. The highest BCUT2D eigenvalue weighted by atomic mass is 35.5. The van der Waals surface area contributed by atoms with E-state index in [1.807, 2.05) is 49.4 Å². The standard InChI is InChI=1S/C18H21ClN2O2.ClH/c1-2-16(23-17-11-7-6-10-14(17)19)18(22)21-12-15(20)13-8-4-3-5-9-13;/h3-11,15-16H,2,12,20H2,1H3,(H,21,22);1H. The Hall–Kier alpha value is -1.75. The Morgan fingerprint density at radius 3 is 2.42 bits per heavy atom. The molecule has 3 N–H and O–H groups in total. The van der Waals surface area contributed by atoms with Gasteiger partial charge in [0.2, 0.25) is 0 Å². The highest BCUT2D eigenvalue weighted by molar-refractivity contribution is 6.32. The molecule has 0 radical (unpaired) electrons. The van der Waals surface area contributed by atoms with Crippen molar-refractivity contribution in [1.82, 2.24) is 5.32 Å². The van der Waals surface area contributed by atoms with Crippen LogP contribution in [0, 0.1) is 0 Å². The Kier molecular flexibility index (Phi) is 8.61. The molecule has 2 rings (SSSR count). The molecular weight excluding hydrogens is 347 g/mol. The smallest absolute Gasteiger partial charge is 0.261 e. The van der Waals surface area contributed by atoms with Crippen molar-refractivity contribution in [3.63, 3.8) is 0 Å². The fourth-order valence-corrected chi connectivity index (χ4v) is 2.34. The average Bonchev–Trinajstić information content (AvgIpc) is 2.59. The minimum absolute atomic E-state index is 0. The van der Waals surface area contributed by atoms with Gasteiger partial charge in [0.05, 0.1) is 5.02 Å². The second kappa shape index (κ2) is 10.2. The van der Waals surface area contributed by atoms with Gasteiger partial charge in [-0.1, -0.05) is 61.0 Å². The van der Waals surface area contributed by atoms with Crippen molar-refractivity contribution in [2.75, 3.05) is 6.54 Å². The van der Waals surface area contributed by atoms with E-state index in [1.165, 1.54) is 0 Å². The van der Waals surface area contributed by atoms with Crippen LogP contribution in [0.5, 0.6) is 5.75 Å². The maximum atomic E-state index is 12.3. The molecule has 0 bridgehead atoms. The van der Waals surface area contributed by atoms with Crippen LogP contribution in [-0.2, 0) is 4.79 Å². The lowest BCUT2D eigenvalue weighted by atomic mass is 10.1.